The van der Waals surface area contributed by atoms with Gasteiger partial charge in [0.1, 0.15) is 0 Å². The molecule has 0 fully saturated rings. The van der Waals surface area contributed by atoms with Crippen molar-refractivity contribution in [3.05, 3.63) is 172 Å². The minimum atomic E-state index is -0.113. The molecule has 8 aromatic carbocycles. The van der Waals surface area contributed by atoms with E-state index in [1.165, 1.54) is 144 Å². The Hall–Kier alpha value is -6.36. The van der Waals surface area contributed by atoms with Crippen LogP contribution >= 0.6 is 11.3 Å². The van der Waals surface area contributed by atoms with Crippen molar-refractivity contribution in [3.8, 4) is 39.1 Å². The molecule has 0 amide bonds. The first-order valence-corrected chi connectivity index (χ1v) is 26.6. The standard InChI is InChI=1S/C66H61BN2S/c1-62(2,3)36-20-22-37(23-21-36)68-55-35-59-46(47-30-52-53(34-58(47)70-59)64(6,7)27-26-63(52,4)5)29-44(55)40-24-25-41-45-28-42-38-16-12-14-18-48(38)65(8,9)50(42)32-56(45)69-57-33-51-43(31-54(57)67-60(40)61(41)69)39-17-13-15-19-49(39)66(51,10)11/h12-25,28-35,67-68H,26-27H2,1-11H3. The lowest BCUT2D eigenvalue weighted by molar-refractivity contribution is 0.332. The summed E-state index contributed by atoms with van der Waals surface area (Å²) in [5.74, 6) is 0. The normalized spacial score (nSPS) is 17.2. The number of nitrogens with zero attached hydrogens (tertiary/aromatic N) is 1. The molecule has 0 atom stereocenters. The van der Waals surface area contributed by atoms with E-state index in [4.69, 9.17) is 0 Å². The molecule has 4 heteroatoms. The third kappa shape index (κ3) is 5.69. The van der Waals surface area contributed by atoms with Crippen molar-refractivity contribution in [2.45, 2.75) is 116 Å². The van der Waals surface area contributed by atoms with Crippen LogP contribution in [-0.2, 0) is 27.1 Å². The summed E-state index contributed by atoms with van der Waals surface area (Å²) in [5.41, 5.74) is 27.2. The Labute approximate surface area is 418 Å². The van der Waals surface area contributed by atoms with Crippen molar-refractivity contribution in [2.75, 3.05) is 5.32 Å². The molecule has 70 heavy (non-hydrogen) atoms. The number of hydrogen-bond acceptors (Lipinski definition) is 2. The van der Waals surface area contributed by atoms with E-state index in [0.717, 1.165) is 18.7 Å². The van der Waals surface area contributed by atoms with Gasteiger partial charge < -0.3 is 9.88 Å². The third-order valence-corrected chi connectivity index (χ3v) is 19.1. The van der Waals surface area contributed by atoms with Crippen LogP contribution in [0.25, 0.3) is 81.0 Å². The smallest absolute Gasteiger partial charge is 0.198 e. The van der Waals surface area contributed by atoms with Gasteiger partial charge in [-0.2, -0.15) is 0 Å². The molecule has 0 unspecified atom stereocenters. The second-order valence-corrected chi connectivity index (χ2v) is 26.0. The molecular formula is C66H61BN2S. The van der Waals surface area contributed by atoms with Gasteiger partial charge in [0.2, 0.25) is 0 Å². The fraction of sp³-hybridized carbons (Fsp3) is 0.273. The van der Waals surface area contributed by atoms with E-state index in [1.54, 1.807) is 0 Å². The minimum Gasteiger partial charge on any atom is -0.355 e. The van der Waals surface area contributed by atoms with E-state index in [-0.39, 0.29) is 27.1 Å². The fourth-order valence-corrected chi connectivity index (χ4v) is 14.9. The van der Waals surface area contributed by atoms with Crippen LogP contribution in [-0.4, -0.2) is 11.8 Å². The van der Waals surface area contributed by atoms with Gasteiger partial charge in [0.05, 0.1) is 5.52 Å². The second-order valence-electron chi connectivity index (χ2n) is 24.9. The highest BCUT2D eigenvalue weighted by molar-refractivity contribution is 7.25. The Morgan fingerprint density at radius 2 is 1.09 bits per heavy atom. The summed E-state index contributed by atoms with van der Waals surface area (Å²) in [6.45, 7) is 26.4. The summed E-state index contributed by atoms with van der Waals surface area (Å²) in [4.78, 5) is 0. The number of rotatable bonds is 3. The predicted molar refractivity (Wildman–Crippen MR) is 304 cm³/mol. The van der Waals surface area contributed by atoms with Crippen molar-refractivity contribution in [2.24, 2.45) is 0 Å². The number of benzene rings is 8. The lowest BCUT2D eigenvalue weighted by Gasteiger charge is -2.41. The van der Waals surface area contributed by atoms with Crippen molar-refractivity contribution < 1.29 is 0 Å². The Bertz CT molecular complexity index is 3970. The molecule has 3 heterocycles. The minimum absolute atomic E-state index is 0.0754. The molecule has 344 valence electrons. The molecule has 1 aliphatic heterocycles. The van der Waals surface area contributed by atoms with Crippen molar-refractivity contribution >= 4 is 82.9 Å². The summed E-state index contributed by atoms with van der Waals surface area (Å²) in [5, 5.41) is 9.44. The SMILES string of the molecule is CC(C)(C)c1ccc(Nc2cc3sc4cc5c(cc4c3cc2-c2ccc3c4cc6c(cc4n4c3c2Bc2cc3c(cc2-4)C(C)(C)c2ccccc2-3)C(C)(C)c2ccccc2-6)C(C)(C)CCC5(C)C)cc1. The molecule has 0 saturated heterocycles. The van der Waals surface area contributed by atoms with Crippen molar-refractivity contribution in [1.82, 2.24) is 4.57 Å². The van der Waals surface area contributed by atoms with Gasteiger partial charge in [0.25, 0.3) is 0 Å². The molecule has 0 spiro atoms. The van der Waals surface area contributed by atoms with Crippen LogP contribution in [0, 0.1) is 0 Å². The van der Waals surface area contributed by atoms with Crippen molar-refractivity contribution in [1.29, 1.82) is 0 Å². The molecule has 2 aromatic heterocycles. The maximum atomic E-state index is 4.05. The number of hydrogen-bond donors (Lipinski definition) is 1. The molecule has 0 saturated carbocycles. The van der Waals surface area contributed by atoms with Crippen LogP contribution in [0.4, 0.5) is 11.4 Å². The average molecular weight is 925 g/mol. The van der Waals surface area contributed by atoms with Gasteiger partial charge in [-0.25, -0.2) is 0 Å². The topological polar surface area (TPSA) is 17.0 Å². The molecule has 0 bridgehead atoms. The monoisotopic (exact) mass is 924 g/mol. The molecule has 2 nitrogen and oxygen atoms in total. The molecular weight excluding hydrogens is 864 g/mol. The van der Waals surface area contributed by atoms with Gasteiger partial charge in [-0.3, -0.25) is 0 Å². The van der Waals surface area contributed by atoms with E-state index in [0.29, 0.717) is 0 Å². The molecule has 1 N–H and O–H groups in total. The second kappa shape index (κ2) is 13.7. The van der Waals surface area contributed by atoms with Crippen LogP contribution in [0.3, 0.4) is 0 Å². The molecule has 4 aliphatic rings. The summed E-state index contributed by atoms with van der Waals surface area (Å²) in [6.07, 6.45) is 2.41. The lowest BCUT2D eigenvalue weighted by atomic mass is 9.58. The van der Waals surface area contributed by atoms with Gasteiger partial charge in [0.15, 0.2) is 7.28 Å². The fourth-order valence-electron chi connectivity index (χ4n) is 13.8. The van der Waals surface area contributed by atoms with E-state index >= 15 is 0 Å². The predicted octanol–water partition coefficient (Wildman–Crippen LogP) is 16.5. The number of anilines is 2. The first kappa shape index (κ1) is 42.5. The van der Waals surface area contributed by atoms with Gasteiger partial charge in [-0.1, -0.05) is 160 Å². The number of thiophene rings is 1. The molecule has 3 aliphatic carbocycles. The van der Waals surface area contributed by atoms with E-state index in [9.17, 15) is 0 Å². The van der Waals surface area contributed by atoms with Crippen LogP contribution in [0.2, 0.25) is 0 Å². The highest BCUT2D eigenvalue weighted by atomic mass is 32.1. The number of aromatic nitrogens is 1. The zero-order valence-corrected chi connectivity index (χ0v) is 43.5. The number of fused-ring (bicyclic) bond motifs is 15. The highest BCUT2D eigenvalue weighted by Crippen LogP contribution is 2.54. The Kier molecular flexibility index (Phi) is 8.34. The lowest BCUT2D eigenvalue weighted by Crippen LogP contribution is -2.37. The van der Waals surface area contributed by atoms with E-state index in [1.807, 2.05) is 11.3 Å². The molecule has 14 rings (SSSR count). The van der Waals surface area contributed by atoms with E-state index < -0.39 is 0 Å². The largest absolute Gasteiger partial charge is 0.355 e. The summed E-state index contributed by atoms with van der Waals surface area (Å²) < 4.78 is 5.40. The zero-order chi connectivity index (χ0) is 48.2. The Morgan fingerprint density at radius 1 is 0.500 bits per heavy atom. The van der Waals surface area contributed by atoms with Gasteiger partial charge in [-0.15, -0.1) is 11.3 Å². The summed E-state index contributed by atoms with van der Waals surface area (Å²) in [7, 11) is 0.848. The van der Waals surface area contributed by atoms with Crippen LogP contribution in [0.15, 0.2) is 133 Å². The summed E-state index contributed by atoms with van der Waals surface area (Å²) >= 11 is 1.96. The Balaban J connectivity index is 1.06. The van der Waals surface area contributed by atoms with Crippen molar-refractivity contribution in [3.63, 3.8) is 0 Å². The molecule has 0 radical (unpaired) electrons. The highest BCUT2D eigenvalue weighted by Gasteiger charge is 2.41. The third-order valence-electron chi connectivity index (χ3n) is 18.0. The van der Waals surface area contributed by atoms with E-state index in [2.05, 4.69) is 220 Å². The maximum absolute atomic E-state index is 4.05. The maximum Gasteiger partial charge on any atom is 0.198 e. The van der Waals surface area contributed by atoms with Crippen LogP contribution in [0.1, 0.15) is 128 Å². The summed E-state index contributed by atoms with van der Waals surface area (Å²) in [6, 6.07) is 52.7. The number of nitrogens with one attached hydrogen (secondary N) is 1. The first-order valence-electron chi connectivity index (χ1n) is 25.7. The van der Waals surface area contributed by atoms with Crippen LogP contribution < -0.4 is 16.2 Å². The van der Waals surface area contributed by atoms with Gasteiger partial charge in [0, 0.05) is 69.9 Å². The van der Waals surface area contributed by atoms with Gasteiger partial charge >= 0.3 is 0 Å². The first-order chi connectivity index (χ1) is 33.3. The quantitative estimate of drug-likeness (QED) is 0.175. The van der Waals surface area contributed by atoms with Crippen LogP contribution in [0.5, 0.6) is 0 Å². The molecule has 10 aromatic rings. The zero-order valence-electron chi connectivity index (χ0n) is 42.7. The van der Waals surface area contributed by atoms with Gasteiger partial charge in [-0.05, 0) is 156 Å². The average Bonchev–Trinajstić information content (AvgIpc) is 3.99. The Morgan fingerprint density at radius 3 is 1.76 bits per heavy atom.